The van der Waals surface area contributed by atoms with Gasteiger partial charge in [-0.2, -0.15) is 0 Å². The number of nitrogens with one attached hydrogen (secondary N) is 2. The Labute approximate surface area is 217 Å². The zero-order valence-corrected chi connectivity index (χ0v) is 20.8. The minimum absolute atomic E-state index is 0.0591. The van der Waals surface area contributed by atoms with Gasteiger partial charge >= 0.3 is 6.09 Å². The van der Waals surface area contributed by atoms with E-state index in [1.165, 1.54) is 19.4 Å². The molecule has 2 saturated heterocycles. The Kier molecular flexibility index (Phi) is 7.00. The lowest BCUT2D eigenvalue weighted by molar-refractivity contribution is 0.0913. The quantitative estimate of drug-likeness (QED) is 0.485. The van der Waals surface area contributed by atoms with E-state index in [1.54, 1.807) is 29.2 Å². The number of nitrogens with zero attached hydrogens (tertiary/aromatic N) is 2. The molecule has 0 radical (unpaired) electrons. The molecule has 0 spiro atoms. The molecule has 3 aromatic rings. The lowest BCUT2D eigenvalue weighted by atomic mass is 10.0. The van der Waals surface area contributed by atoms with Gasteiger partial charge in [-0.1, -0.05) is 23.7 Å². The van der Waals surface area contributed by atoms with Crippen molar-refractivity contribution < 1.29 is 23.8 Å². The number of piperidine rings is 1. The Morgan fingerprint density at radius 2 is 2.05 bits per heavy atom. The van der Waals surface area contributed by atoms with E-state index in [9.17, 15) is 14.4 Å². The van der Waals surface area contributed by atoms with Gasteiger partial charge in [0.15, 0.2) is 0 Å². The molecular formula is C26H25ClN4O6. The van der Waals surface area contributed by atoms with Crippen LogP contribution in [0.4, 0.5) is 4.79 Å². The first-order chi connectivity index (χ1) is 17.9. The lowest BCUT2D eigenvalue weighted by Crippen LogP contribution is -2.44. The van der Waals surface area contributed by atoms with Crippen molar-refractivity contribution in [2.24, 2.45) is 0 Å². The van der Waals surface area contributed by atoms with E-state index in [-0.39, 0.29) is 47.7 Å². The van der Waals surface area contributed by atoms with Gasteiger partial charge in [0.1, 0.15) is 29.7 Å². The topological polar surface area (TPSA) is 123 Å². The highest BCUT2D eigenvalue weighted by Crippen LogP contribution is 2.35. The van der Waals surface area contributed by atoms with Crippen LogP contribution in [-0.2, 0) is 11.3 Å². The van der Waals surface area contributed by atoms with Gasteiger partial charge < -0.3 is 29.4 Å². The summed E-state index contributed by atoms with van der Waals surface area (Å²) < 4.78 is 17.0. The number of amides is 2. The second-order valence-electron chi connectivity index (χ2n) is 8.83. The SMILES string of the molecule is COc1nc(-c2ccc(=O)[nH]c2)c(O[C@H]2CCN3C(=O)OC[C@@H]3C2)cc1C(=O)NCc1ccc(Cl)cc1. The molecule has 2 fully saturated rings. The fourth-order valence-corrected chi connectivity index (χ4v) is 4.61. The summed E-state index contributed by atoms with van der Waals surface area (Å²) in [6, 6.07) is 11.7. The van der Waals surface area contributed by atoms with Crippen molar-refractivity contribution in [3.05, 3.63) is 75.2 Å². The summed E-state index contributed by atoms with van der Waals surface area (Å²) in [4.78, 5) is 45.6. The highest BCUT2D eigenvalue weighted by molar-refractivity contribution is 6.30. The maximum absolute atomic E-state index is 13.2. The number of carbonyl (C=O) groups is 2. The molecule has 0 unspecified atom stereocenters. The van der Waals surface area contributed by atoms with Crippen molar-refractivity contribution in [3.8, 4) is 22.9 Å². The van der Waals surface area contributed by atoms with Crippen LogP contribution in [-0.4, -0.2) is 59.3 Å². The van der Waals surface area contributed by atoms with Crippen molar-refractivity contribution in [3.63, 3.8) is 0 Å². The van der Waals surface area contributed by atoms with E-state index >= 15 is 0 Å². The van der Waals surface area contributed by atoms with Crippen molar-refractivity contribution in [2.45, 2.75) is 31.5 Å². The number of fused-ring (bicyclic) bond motifs is 1. The molecule has 2 N–H and O–H groups in total. The van der Waals surface area contributed by atoms with E-state index < -0.39 is 0 Å². The van der Waals surface area contributed by atoms with Crippen LogP contribution in [0.1, 0.15) is 28.8 Å². The number of pyridine rings is 2. The second kappa shape index (κ2) is 10.5. The second-order valence-corrected chi connectivity index (χ2v) is 9.27. The Balaban J connectivity index is 1.44. The predicted octanol–water partition coefficient (Wildman–Crippen LogP) is 3.39. The molecule has 1 aromatic carbocycles. The number of benzene rings is 1. The first kappa shape index (κ1) is 24.6. The summed E-state index contributed by atoms with van der Waals surface area (Å²) in [5.41, 5.74) is 1.85. The average Bonchev–Trinajstić information content (AvgIpc) is 3.28. The third-order valence-electron chi connectivity index (χ3n) is 6.41. The molecule has 192 valence electrons. The minimum atomic E-state index is -0.387. The number of cyclic esters (lactones) is 1. The molecule has 0 aliphatic carbocycles. The fourth-order valence-electron chi connectivity index (χ4n) is 4.48. The lowest BCUT2D eigenvalue weighted by Gasteiger charge is -2.33. The third-order valence-corrected chi connectivity index (χ3v) is 6.66. The number of H-pyrrole nitrogens is 1. The summed E-state index contributed by atoms with van der Waals surface area (Å²) in [6.07, 6.45) is 2.19. The highest BCUT2D eigenvalue weighted by atomic mass is 35.5. The molecular weight excluding hydrogens is 500 g/mol. The number of aromatic nitrogens is 2. The normalized spacial score (nSPS) is 18.6. The van der Waals surface area contributed by atoms with Crippen LogP contribution in [0.2, 0.25) is 5.02 Å². The molecule has 0 bridgehead atoms. The van der Waals surface area contributed by atoms with Crippen molar-refractivity contribution >= 4 is 23.6 Å². The number of ether oxygens (including phenoxy) is 3. The van der Waals surface area contributed by atoms with Crippen LogP contribution < -0.4 is 20.3 Å². The van der Waals surface area contributed by atoms with Crippen LogP contribution >= 0.6 is 11.6 Å². The summed E-state index contributed by atoms with van der Waals surface area (Å²) >= 11 is 5.95. The fraction of sp³-hybridized carbons (Fsp3) is 0.308. The van der Waals surface area contributed by atoms with Crippen molar-refractivity contribution in [2.75, 3.05) is 20.3 Å². The number of halogens is 1. The van der Waals surface area contributed by atoms with Crippen LogP contribution in [0.5, 0.6) is 11.6 Å². The number of carbonyl (C=O) groups excluding carboxylic acids is 2. The van der Waals surface area contributed by atoms with Crippen LogP contribution in [0.15, 0.2) is 53.5 Å². The first-order valence-corrected chi connectivity index (χ1v) is 12.2. The number of rotatable bonds is 7. The zero-order chi connectivity index (χ0) is 25.9. The Morgan fingerprint density at radius 3 is 2.78 bits per heavy atom. The average molecular weight is 525 g/mol. The van der Waals surface area contributed by atoms with Crippen LogP contribution in [0.25, 0.3) is 11.3 Å². The number of hydrogen-bond donors (Lipinski definition) is 2. The Hall–Kier alpha value is -4.05. The van der Waals surface area contributed by atoms with Gasteiger partial charge in [0.2, 0.25) is 11.4 Å². The van der Waals surface area contributed by atoms with Gasteiger partial charge in [-0.25, -0.2) is 9.78 Å². The Morgan fingerprint density at radius 1 is 1.24 bits per heavy atom. The molecule has 2 amide bonds. The molecule has 5 rings (SSSR count). The van der Waals surface area contributed by atoms with Crippen molar-refractivity contribution in [1.29, 1.82) is 0 Å². The van der Waals surface area contributed by atoms with Gasteiger partial charge in [0, 0.05) is 54.8 Å². The van der Waals surface area contributed by atoms with Crippen LogP contribution in [0, 0.1) is 0 Å². The highest BCUT2D eigenvalue weighted by Gasteiger charge is 2.39. The molecule has 11 heteroatoms. The monoisotopic (exact) mass is 524 g/mol. The summed E-state index contributed by atoms with van der Waals surface area (Å²) in [6.45, 7) is 1.12. The predicted molar refractivity (Wildman–Crippen MR) is 135 cm³/mol. The number of methoxy groups -OCH3 is 1. The third kappa shape index (κ3) is 5.39. The zero-order valence-electron chi connectivity index (χ0n) is 20.0. The van der Waals surface area contributed by atoms with E-state index in [0.29, 0.717) is 48.0 Å². The number of hydrogen-bond acceptors (Lipinski definition) is 7. The van der Waals surface area contributed by atoms with Gasteiger partial charge in [-0.05, 0) is 23.8 Å². The molecule has 4 heterocycles. The van der Waals surface area contributed by atoms with Gasteiger partial charge in [0.05, 0.1) is 13.2 Å². The largest absolute Gasteiger partial charge is 0.488 e. The molecule has 2 atom stereocenters. The molecule has 0 saturated carbocycles. The molecule has 10 nitrogen and oxygen atoms in total. The maximum Gasteiger partial charge on any atom is 0.410 e. The van der Waals surface area contributed by atoms with E-state index in [1.807, 2.05) is 12.1 Å². The minimum Gasteiger partial charge on any atom is -0.488 e. The van der Waals surface area contributed by atoms with E-state index in [2.05, 4.69) is 15.3 Å². The summed E-state index contributed by atoms with van der Waals surface area (Å²) in [5, 5.41) is 3.49. The summed E-state index contributed by atoms with van der Waals surface area (Å²) in [5.74, 6) is 0.0988. The van der Waals surface area contributed by atoms with Gasteiger partial charge in [0.25, 0.3) is 5.91 Å². The first-order valence-electron chi connectivity index (χ1n) is 11.8. The van der Waals surface area contributed by atoms with Gasteiger partial charge in [-0.3, -0.25) is 9.59 Å². The standard InChI is InChI=1S/C26H25ClN4O6/c1-35-25-20(24(33)29-12-15-2-5-17(27)6-3-15)11-21(23(30-25)16-4-7-22(32)28-13-16)37-19-8-9-31-18(10-19)14-36-26(31)34/h2-7,11,13,18-19H,8-10,12,14H2,1H3,(H,28,32)(H,29,33)/t18-,19-/m0/s1. The smallest absolute Gasteiger partial charge is 0.410 e. The molecule has 2 aliphatic heterocycles. The van der Waals surface area contributed by atoms with E-state index in [4.69, 9.17) is 25.8 Å². The van der Waals surface area contributed by atoms with E-state index in [0.717, 1.165) is 5.56 Å². The van der Waals surface area contributed by atoms with Crippen molar-refractivity contribution in [1.82, 2.24) is 20.2 Å². The summed E-state index contributed by atoms with van der Waals surface area (Å²) in [7, 11) is 1.43. The van der Waals surface area contributed by atoms with Gasteiger partial charge in [-0.15, -0.1) is 0 Å². The van der Waals surface area contributed by atoms with Crippen LogP contribution in [0.3, 0.4) is 0 Å². The molecule has 2 aromatic heterocycles. The molecule has 37 heavy (non-hydrogen) atoms. The molecule has 2 aliphatic rings. The number of aromatic amines is 1. The Bertz CT molecular complexity index is 1360. The maximum atomic E-state index is 13.2.